The molecule has 1 unspecified atom stereocenters. The van der Waals surface area contributed by atoms with Crippen LogP contribution in [0.2, 0.25) is 0 Å². The van der Waals surface area contributed by atoms with E-state index in [0.29, 0.717) is 23.4 Å². The number of piperidine rings is 1. The molecular formula is C33H40FN9O4. The van der Waals surface area contributed by atoms with E-state index >= 15 is 4.39 Å². The second kappa shape index (κ2) is 14.1. The van der Waals surface area contributed by atoms with E-state index in [9.17, 15) is 15.2 Å². The number of β-amino-alcohol motifs (C(OH)–C–C–N with tert-alkyl or cyclic N) is 1. The van der Waals surface area contributed by atoms with Crippen molar-refractivity contribution in [3.63, 3.8) is 0 Å². The summed E-state index contributed by atoms with van der Waals surface area (Å²) in [5, 5.41) is 26.3. The molecule has 1 amide bonds. The van der Waals surface area contributed by atoms with Gasteiger partial charge in [0.1, 0.15) is 24.3 Å². The van der Waals surface area contributed by atoms with E-state index < -0.39 is 23.8 Å². The van der Waals surface area contributed by atoms with Gasteiger partial charge in [-0.1, -0.05) is 0 Å². The summed E-state index contributed by atoms with van der Waals surface area (Å²) in [6, 6.07) is 15.6. The molecule has 3 atom stereocenters. The van der Waals surface area contributed by atoms with Crippen molar-refractivity contribution < 1.29 is 23.8 Å². The first-order chi connectivity index (χ1) is 22.8. The fourth-order valence-corrected chi connectivity index (χ4v) is 6.18. The van der Waals surface area contributed by atoms with E-state index in [1.807, 2.05) is 12.1 Å². The molecule has 248 valence electrons. The van der Waals surface area contributed by atoms with Crippen LogP contribution in [0.1, 0.15) is 18.9 Å². The highest BCUT2D eigenvalue weighted by Crippen LogP contribution is 2.29. The Morgan fingerprint density at radius 3 is 2.60 bits per heavy atom. The molecule has 0 spiro atoms. The number of anilines is 3. The summed E-state index contributed by atoms with van der Waals surface area (Å²) in [6.07, 6.45) is -0.669. The Kier molecular flexibility index (Phi) is 9.79. The number of hydrogen-bond acceptors (Lipinski definition) is 12. The average Bonchev–Trinajstić information content (AvgIpc) is 3.08. The van der Waals surface area contributed by atoms with E-state index in [1.165, 1.54) is 11.2 Å². The number of methoxy groups -OCH3 is 1. The number of carbonyl (C=O) groups is 1. The first kappa shape index (κ1) is 32.5. The van der Waals surface area contributed by atoms with E-state index in [4.69, 9.17) is 9.47 Å². The number of nitriles is 1. The number of nitrogens with zero attached hydrogens (tertiary/aromatic N) is 7. The quantitative estimate of drug-likeness (QED) is 0.296. The highest BCUT2D eigenvalue weighted by molar-refractivity contribution is 5.87. The smallest absolute Gasteiger partial charge is 0.257 e. The molecule has 0 saturated carbocycles. The zero-order chi connectivity index (χ0) is 33.0. The number of hydrogen-bond donors (Lipinski definition) is 3. The molecule has 47 heavy (non-hydrogen) atoms. The summed E-state index contributed by atoms with van der Waals surface area (Å²) in [6.45, 7) is 7.20. The zero-order valence-electron chi connectivity index (χ0n) is 26.6. The van der Waals surface area contributed by atoms with Gasteiger partial charge in [-0.15, -0.1) is 0 Å². The van der Waals surface area contributed by atoms with Gasteiger partial charge in [0.15, 0.2) is 17.6 Å². The summed E-state index contributed by atoms with van der Waals surface area (Å²) in [5.41, 5.74) is 1.30. The number of piperazine rings is 1. The highest BCUT2D eigenvalue weighted by Gasteiger charge is 2.46. The van der Waals surface area contributed by atoms with Crippen molar-refractivity contribution in [1.29, 1.82) is 5.26 Å². The van der Waals surface area contributed by atoms with Gasteiger partial charge in [0, 0.05) is 82.3 Å². The van der Waals surface area contributed by atoms with Gasteiger partial charge in [-0.05, 0) is 49.4 Å². The van der Waals surface area contributed by atoms with Crippen molar-refractivity contribution in [1.82, 2.24) is 30.1 Å². The van der Waals surface area contributed by atoms with Crippen LogP contribution in [0, 0.1) is 11.3 Å². The molecule has 3 aliphatic rings. The summed E-state index contributed by atoms with van der Waals surface area (Å²) in [4.78, 5) is 31.9. The van der Waals surface area contributed by atoms with E-state index in [0.717, 1.165) is 44.2 Å². The van der Waals surface area contributed by atoms with Gasteiger partial charge in [-0.25, -0.2) is 14.4 Å². The predicted molar refractivity (Wildman–Crippen MR) is 173 cm³/mol. The van der Waals surface area contributed by atoms with Gasteiger partial charge in [-0.2, -0.15) is 10.2 Å². The molecule has 14 heteroatoms. The molecular weight excluding hydrogens is 605 g/mol. The minimum Gasteiger partial charge on any atom is -0.486 e. The van der Waals surface area contributed by atoms with E-state index in [-0.39, 0.29) is 43.9 Å². The first-order valence-electron chi connectivity index (χ1n) is 15.9. The summed E-state index contributed by atoms with van der Waals surface area (Å²) >= 11 is 0. The third kappa shape index (κ3) is 7.28. The van der Waals surface area contributed by atoms with Gasteiger partial charge in [0.2, 0.25) is 5.95 Å². The monoisotopic (exact) mass is 645 g/mol. The molecule has 3 aliphatic heterocycles. The van der Waals surface area contributed by atoms with Crippen LogP contribution in [0.25, 0.3) is 11.4 Å². The van der Waals surface area contributed by atoms with E-state index in [2.05, 4.69) is 60.5 Å². The number of aliphatic hydroxyl groups is 1. The van der Waals surface area contributed by atoms with Crippen molar-refractivity contribution in [2.45, 2.75) is 37.3 Å². The number of amides is 1. The third-order valence-corrected chi connectivity index (χ3v) is 9.04. The molecule has 3 aromatic rings. The van der Waals surface area contributed by atoms with Crippen molar-refractivity contribution in [2.75, 3.05) is 76.3 Å². The number of likely N-dealkylation sites (tertiary alicyclic amines) is 1. The topological polar surface area (TPSA) is 152 Å². The Hall–Kier alpha value is -4.42. The number of aromatic nitrogens is 3. The van der Waals surface area contributed by atoms with Gasteiger partial charge in [0.25, 0.3) is 5.91 Å². The second-order valence-corrected chi connectivity index (χ2v) is 12.3. The lowest BCUT2D eigenvalue weighted by atomic mass is 9.93. The summed E-state index contributed by atoms with van der Waals surface area (Å²) < 4.78 is 26.3. The van der Waals surface area contributed by atoms with Crippen LogP contribution in [0.3, 0.4) is 0 Å². The highest BCUT2D eigenvalue weighted by atomic mass is 19.1. The van der Waals surface area contributed by atoms with Crippen molar-refractivity contribution in [3.8, 4) is 23.2 Å². The SMILES string of the molecule is COCC(C)N1CCN(c2ccc(Nc3ncnc(-c4ccc(O[C@H]5CCN(C(=O)C6(O)CNC6)C[C@H]5F)c(C#N)c4)n3)cc2)CC1. The predicted octanol–water partition coefficient (Wildman–Crippen LogP) is 1.96. The van der Waals surface area contributed by atoms with Crippen LogP contribution in [-0.2, 0) is 9.53 Å². The molecule has 13 nitrogen and oxygen atoms in total. The Morgan fingerprint density at radius 2 is 1.94 bits per heavy atom. The number of halogens is 1. The molecule has 0 bridgehead atoms. The Morgan fingerprint density at radius 1 is 1.17 bits per heavy atom. The summed E-state index contributed by atoms with van der Waals surface area (Å²) in [5.74, 6) is 0.483. The van der Waals surface area contributed by atoms with Gasteiger partial charge in [-0.3, -0.25) is 9.69 Å². The van der Waals surface area contributed by atoms with Crippen LogP contribution in [0.4, 0.5) is 21.7 Å². The second-order valence-electron chi connectivity index (χ2n) is 12.3. The number of nitrogens with one attached hydrogen (secondary N) is 2. The van der Waals surface area contributed by atoms with Gasteiger partial charge in [0.05, 0.1) is 18.7 Å². The summed E-state index contributed by atoms with van der Waals surface area (Å²) in [7, 11) is 1.74. The zero-order valence-corrected chi connectivity index (χ0v) is 26.6. The van der Waals surface area contributed by atoms with E-state index in [1.54, 1.807) is 25.3 Å². The Bertz CT molecular complexity index is 1590. The molecule has 3 saturated heterocycles. The maximum Gasteiger partial charge on any atom is 0.257 e. The Labute approximate surface area is 273 Å². The molecule has 0 aliphatic carbocycles. The number of ether oxygens (including phenoxy) is 2. The normalized spacial score (nSPS) is 21.8. The minimum absolute atomic E-state index is 0.164. The lowest BCUT2D eigenvalue weighted by Gasteiger charge is -2.42. The molecule has 6 rings (SSSR count). The standard InChI is InChI=1S/C33H40FN9O4/c1-22(18-46-2)41-11-13-42(14-12-41)26-6-4-25(5-7-26)39-32-38-21-37-30(40-32)23-3-8-28(24(15-23)16-35)47-29-9-10-43(17-27(29)34)31(44)33(45)19-36-20-33/h3-8,15,21-22,27,29,36,45H,9-14,17-20H2,1-2H3,(H,37,38,39,40)/t22?,27-,29+/m1/s1. The number of benzene rings is 2. The van der Waals surface area contributed by atoms with Crippen LogP contribution >= 0.6 is 0 Å². The van der Waals surface area contributed by atoms with Crippen LogP contribution < -0.4 is 20.3 Å². The first-order valence-corrected chi connectivity index (χ1v) is 15.9. The largest absolute Gasteiger partial charge is 0.486 e. The average molecular weight is 646 g/mol. The molecule has 3 fully saturated rings. The van der Waals surface area contributed by atoms with Gasteiger partial charge >= 0.3 is 0 Å². The number of alkyl halides is 1. The fourth-order valence-electron chi connectivity index (χ4n) is 6.18. The lowest BCUT2D eigenvalue weighted by Crippen LogP contribution is -2.69. The molecule has 4 heterocycles. The van der Waals surface area contributed by atoms with Gasteiger partial charge < -0.3 is 35.0 Å². The van der Waals surface area contributed by atoms with Crippen LogP contribution in [0.5, 0.6) is 5.75 Å². The van der Waals surface area contributed by atoms with Crippen LogP contribution in [-0.4, -0.2) is 126 Å². The Balaban J connectivity index is 1.06. The third-order valence-electron chi connectivity index (χ3n) is 9.04. The van der Waals surface area contributed by atoms with Crippen molar-refractivity contribution in [2.24, 2.45) is 0 Å². The number of rotatable bonds is 10. The van der Waals surface area contributed by atoms with Crippen LogP contribution in [0.15, 0.2) is 48.8 Å². The van der Waals surface area contributed by atoms with Crippen molar-refractivity contribution >= 4 is 23.2 Å². The molecule has 2 aromatic carbocycles. The van der Waals surface area contributed by atoms with Crippen molar-refractivity contribution in [3.05, 3.63) is 54.4 Å². The fraction of sp³-hybridized carbons (Fsp3) is 0.485. The molecule has 3 N–H and O–H groups in total. The lowest BCUT2D eigenvalue weighted by molar-refractivity contribution is -0.160. The molecule has 1 aromatic heterocycles. The number of carbonyl (C=O) groups excluding carboxylic acids is 1. The molecule has 0 radical (unpaired) electrons. The maximum atomic E-state index is 15.1. The minimum atomic E-state index is -1.47. The maximum absolute atomic E-state index is 15.1.